The van der Waals surface area contributed by atoms with Crippen molar-refractivity contribution in [1.29, 1.82) is 0 Å². The summed E-state index contributed by atoms with van der Waals surface area (Å²) in [6, 6.07) is 0. The fourth-order valence-electron chi connectivity index (χ4n) is 4.62. The van der Waals surface area contributed by atoms with Crippen LogP contribution in [0.1, 0.15) is 92.4 Å². The van der Waals surface area contributed by atoms with Crippen LogP contribution in [-0.4, -0.2) is 5.78 Å². The fraction of sp³-hybridized carbons (Fsp3) is 0.857. The maximum absolute atomic E-state index is 10.9. The first-order valence-electron chi connectivity index (χ1n) is 9.62. The Kier molecular flexibility index (Phi) is 7.86. The number of rotatable bonds is 1. The van der Waals surface area contributed by atoms with Gasteiger partial charge >= 0.3 is 0 Å². The van der Waals surface area contributed by atoms with Crippen molar-refractivity contribution in [3.63, 3.8) is 0 Å². The van der Waals surface area contributed by atoms with Crippen molar-refractivity contribution in [3.05, 3.63) is 12.2 Å². The van der Waals surface area contributed by atoms with E-state index < -0.39 is 0 Å². The van der Waals surface area contributed by atoms with Crippen LogP contribution < -0.4 is 0 Å². The minimum atomic E-state index is 0.301. The summed E-state index contributed by atoms with van der Waals surface area (Å²) in [6.45, 7) is 14.9. The first kappa shape index (κ1) is 19.5. The molecule has 0 heterocycles. The Bertz CT molecular complexity index is 366. The summed E-state index contributed by atoms with van der Waals surface area (Å²) in [6.07, 6.45) is 11.1. The summed E-state index contributed by atoms with van der Waals surface area (Å²) in [7, 11) is 0. The Morgan fingerprint density at radius 2 is 1.86 bits per heavy atom. The van der Waals surface area contributed by atoms with E-state index in [1.165, 1.54) is 38.5 Å². The molecule has 3 unspecified atom stereocenters. The maximum atomic E-state index is 10.9. The molecule has 0 amide bonds. The first-order chi connectivity index (χ1) is 10.4. The zero-order valence-corrected chi connectivity index (χ0v) is 15.7. The van der Waals surface area contributed by atoms with Crippen LogP contribution >= 0.6 is 0 Å². The van der Waals surface area contributed by atoms with Crippen LogP contribution in [0, 0.1) is 23.2 Å². The summed E-state index contributed by atoms with van der Waals surface area (Å²) in [5.41, 5.74) is 1.87. The highest BCUT2D eigenvalue weighted by Gasteiger charge is 2.40. The van der Waals surface area contributed by atoms with Crippen molar-refractivity contribution in [2.75, 3.05) is 0 Å². The van der Waals surface area contributed by atoms with E-state index in [-0.39, 0.29) is 0 Å². The maximum Gasteiger partial charge on any atom is 0.133 e. The average Bonchev–Trinajstić information content (AvgIpc) is 3.05. The Hall–Kier alpha value is -0.590. The van der Waals surface area contributed by atoms with Crippen LogP contribution in [0.3, 0.4) is 0 Å². The van der Waals surface area contributed by atoms with E-state index in [9.17, 15) is 4.79 Å². The molecule has 3 rings (SSSR count). The lowest BCUT2D eigenvalue weighted by atomic mass is 9.77. The molecule has 0 aromatic rings. The molecule has 3 fully saturated rings. The van der Waals surface area contributed by atoms with Gasteiger partial charge in [-0.3, -0.25) is 4.79 Å². The largest absolute Gasteiger partial charge is 0.300 e. The van der Waals surface area contributed by atoms with Gasteiger partial charge in [-0.05, 0) is 55.3 Å². The summed E-state index contributed by atoms with van der Waals surface area (Å²) < 4.78 is 0. The van der Waals surface area contributed by atoms with Crippen LogP contribution in [0.2, 0.25) is 0 Å². The number of fused-ring (bicyclic) bond motifs is 1. The van der Waals surface area contributed by atoms with E-state index in [1.54, 1.807) is 5.57 Å². The summed E-state index contributed by atoms with van der Waals surface area (Å²) in [5, 5.41) is 0. The number of allylic oxidation sites excluding steroid dienone is 1. The van der Waals surface area contributed by atoms with Gasteiger partial charge in [-0.1, -0.05) is 59.6 Å². The molecule has 128 valence electrons. The average molecular weight is 307 g/mol. The summed E-state index contributed by atoms with van der Waals surface area (Å²) in [4.78, 5) is 10.9. The Balaban J connectivity index is 0.000000202. The second kappa shape index (κ2) is 8.89. The summed E-state index contributed by atoms with van der Waals surface area (Å²) in [5.74, 6) is 3.41. The van der Waals surface area contributed by atoms with Gasteiger partial charge in [-0.25, -0.2) is 0 Å². The molecule has 1 nitrogen and oxygen atoms in total. The SMILES string of the molecule is C=C1CC(CC)C2CCCC12.CC.CC1(C)CCCC(=O)C1. The molecule has 3 aliphatic rings. The molecule has 22 heavy (non-hydrogen) atoms. The van der Waals surface area contributed by atoms with Crippen molar-refractivity contribution >= 4 is 5.78 Å². The molecular weight excluding hydrogens is 268 g/mol. The number of hydrogen-bond acceptors (Lipinski definition) is 1. The normalized spacial score (nSPS) is 32.5. The van der Waals surface area contributed by atoms with Crippen molar-refractivity contribution in [3.8, 4) is 0 Å². The second-order valence-electron chi connectivity index (χ2n) is 7.97. The molecule has 3 atom stereocenters. The molecule has 0 N–H and O–H groups in total. The van der Waals surface area contributed by atoms with E-state index in [0.29, 0.717) is 11.2 Å². The highest BCUT2D eigenvalue weighted by Crippen LogP contribution is 2.50. The molecule has 0 saturated heterocycles. The highest BCUT2D eigenvalue weighted by atomic mass is 16.1. The second-order valence-corrected chi connectivity index (χ2v) is 7.97. The quantitative estimate of drug-likeness (QED) is 0.501. The van der Waals surface area contributed by atoms with Crippen molar-refractivity contribution in [1.82, 2.24) is 0 Å². The van der Waals surface area contributed by atoms with Crippen molar-refractivity contribution in [2.45, 2.75) is 92.4 Å². The standard InChI is InChI=1S/C11H18.C8H14O.C2H6/c1-3-9-7-8(2)10-5-4-6-11(9)10;1-8(2)5-3-4-7(9)6-8;1-2/h9-11H,2-7H2,1H3;3-6H2,1-2H3;1-2H3. The van der Waals surface area contributed by atoms with Crippen LogP contribution in [0.25, 0.3) is 0 Å². The van der Waals surface area contributed by atoms with Crippen LogP contribution in [0.5, 0.6) is 0 Å². The highest BCUT2D eigenvalue weighted by molar-refractivity contribution is 5.79. The van der Waals surface area contributed by atoms with E-state index in [1.807, 2.05) is 13.8 Å². The zero-order valence-electron chi connectivity index (χ0n) is 15.7. The third-order valence-electron chi connectivity index (χ3n) is 5.73. The zero-order chi connectivity index (χ0) is 16.8. The van der Waals surface area contributed by atoms with Crippen molar-refractivity contribution in [2.24, 2.45) is 23.2 Å². The van der Waals surface area contributed by atoms with Gasteiger partial charge < -0.3 is 0 Å². The number of ketones is 1. The Morgan fingerprint density at radius 1 is 1.18 bits per heavy atom. The molecule has 0 radical (unpaired) electrons. The Morgan fingerprint density at radius 3 is 2.36 bits per heavy atom. The molecular formula is C21H38O. The molecule has 3 aliphatic carbocycles. The van der Waals surface area contributed by atoms with Crippen molar-refractivity contribution < 1.29 is 4.79 Å². The number of Topliss-reactive ketones (excluding diaryl/α,β-unsaturated/α-hetero) is 1. The molecule has 0 aromatic carbocycles. The van der Waals surface area contributed by atoms with Gasteiger partial charge in [0.05, 0.1) is 0 Å². The predicted molar refractivity (Wildman–Crippen MR) is 97.0 cm³/mol. The van der Waals surface area contributed by atoms with Crippen LogP contribution in [-0.2, 0) is 4.79 Å². The van der Waals surface area contributed by atoms with Gasteiger partial charge in [0.1, 0.15) is 5.78 Å². The fourth-order valence-corrected chi connectivity index (χ4v) is 4.62. The lowest BCUT2D eigenvalue weighted by molar-refractivity contribution is -0.122. The Labute approximate surface area is 139 Å². The van der Waals surface area contributed by atoms with Crippen LogP contribution in [0.4, 0.5) is 0 Å². The van der Waals surface area contributed by atoms with E-state index >= 15 is 0 Å². The molecule has 1 heteroatoms. The van der Waals surface area contributed by atoms with E-state index in [0.717, 1.165) is 37.0 Å². The molecule has 0 bridgehead atoms. The number of hydrogen-bond donors (Lipinski definition) is 0. The predicted octanol–water partition coefficient (Wildman–Crippen LogP) is 6.57. The van der Waals surface area contributed by atoms with Gasteiger partial charge in [-0.15, -0.1) is 0 Å². The number of carbonyl (C=O) groups excluding carboxylic acids is 1. The monoisotopic (exact) mass is 306 g/mol. The molecule has 0 aliphatic heterocycles. The third-order valence-corrected chi connectivity index (χ3v) is 5.73. The molecule has 3 saturated carbocycles. The number of carbonyl (C=O) groups is 1. The lowest BCUT2D eigenvalue weighted by Crippen LogP contribution is -2.21. The van der Waals surface area contributed by atoms with Gasteiger partial charge in [0, 0.05) is 12.8 Å². The van der Waals surface area contributed by atoms with E-state index in [4.69, 9.17) is 0 Å². The minimum Gasteiger partial charge on any atom is -0.300 e. The van der Waals surface area contributed by atoms with Gasteiger partial charge in [0.15, 0.2) is 0 Å². The van der Waals surface area contributed by atoms with Crippen LogP contribution in [0.15, 0.2) is 12.2 Å². The molecule has 0 aromatic heterocycles. The smallest absolute Gasteiger partial charge is 0.133 e. The minimum absolute atomic E-state index is 0.301. The van der Waals surface area contributed by atoms with Gasteiger partial charge in [0.2, 0.25) is 0 Å². The third kappa shape index (κ3) is 5.25. The summed E-state index contributed by atoms with van der Waals surface area (Å²) >= 11 is 0. The first-order valence-corrected chi connectivity index (χ1v) is 9.62. The van der Waals surface area contributed by atoms with Gasteiger partial charge in [0.25, 0.3) is 0 Å². The molecule has 0 spiro atoms. The topological polar surface area (TPSA) is 17.1 Å². The van der Waals surface area contributed by atoms with Gasteiger partial charge in [-0.2, -0.15) is 0 Å². The lowest BCUT2D eigenvalue weighted by Gasteiger charge is -2.27. The van der Waals surface area contributed by atoms with E-state index in [2.05, 4.69) is 27.4 Å².